The zero-order valence-electron chi connectivity index (χ0n) is 13.7. The first-order chi connectivity index (χ1) is 11.7. The summed E-state index contributed by atoms with van der Waals surface area (Å²) in [7, 11) is 0. The highest BCUT2D eigenvalue weighted by atomic mass is 19.1. The number of rotatable bonds is 7. The van der Waals surface area contributed by atoms with Crippen molar-refractivity contribution in [3.8, 4) is 16.9 Å². The van der Waals surface area contributed by atoms with Crippen LogP contribution in [-0.2, 0) is 6.42 Å². The van der Waals surface area contributed by atoms with Crippen molar-refractivity contribution in [1.29, 1.82) is 0 Å². The third-order valence-corrected chi connectivity index (χ3v) is 3.66. The number of aryl methyl sites for hydroxylation is 1. The molecule has 0 saturated carbocycles. The highest BCUT2D eigenvalue weighted by Gasteiger charge is 2.15. The van der Waals surface area contributed by atoms with E-state index in [0.717, 1.165) is 12.0 Å². The van der Waals surface area contributed by atoms with Gasteiger partial charge in [0.05, 0.1) is 5.56 Å². The Morgan fingerprint density at radius 3 is 2.75 bits per heavy atom. The van der Waals surface area contributed by atoms with Gasteiger partial charge in [-0.05, 0) is 42.5 Å². The second kappa shape index (κ2) is 9.03. The lowest BCUT2D eigenvalue weighted by Crippen LogP contribution is -2.28. The van der Waals surface area contributed by atoms with Gasteiger partial charge in [0.2, 0.25) is 0 Å². The lowest BCUT2D eigenvalue weighted by Gasteiger charge is -2.12. The Morgan fingerprint density at radius 1 is 1.21 bits per heavy atom. The Morgan fingerprint density at radius 2 is 2.00 bits per heavy atom. The number of aliphatic hydroxyl groups excluding tert-OH is 1. The summed E-state index contributed by atoms with van der Waals surface area (Å²) in [6.07, 6.45) is 1.46. The van der Waals surface area contributed by atoms with E-state index in [1.165, 1.54) is 12.1 Å². The van der Waals surface area contributed by atoms with Gasteiger partial charge in [0.25, 0.3) is 0 Å². The molecule has 0 saturated heterocycles. The Labute approximate surface area is 141 Å². The fraction of sp³-hybridized carbons (Fsp3) is 0.316. The molecule has 0 aromatic heterocycles. The largest absolute Gasteiger partial charge is 0.412 e. The van der Waals surface area contributed by atoms with Crippen molar-refractivity contribution in [2.24, 2.45) is 0 Å². The molecule has 5 heteroatoms. The van der Waals surface area contributed by atoms with Crippen LogP contribution in [0.2, 0.25) is 0 Å². The van der Waals surface area contributed by atoms with E-state index in [4.69, 9.17) is 9.84 Å². The number of carbonyl (C=O) groups excluding carboxylic acids is 1. The highest BCUT2D eigenvalue weighted by Crippen LogP contribution is 2.33. The molecule has 0 aliphatic carbocycles. The third kappa shape index (κ3) is 4.80. The molecule has 0 spiro atoms. The van der Waals surface area contributed by atoms with Gasteiger partial charge in [-0.3, -0.25) is 0 Å². The maximum atomic E-state index is 14.3. The van der Waals surface area contributed by atoms with E-state index in [1.54, 1.807) is 12.1 Å². The maximum absolute atomic E-state index is 14.3. The van der Waals surface area contributed by atoms with Gasteiger partial charge in [0.1, 0.15) is 11.6 Å². The summed E-state index contributed by atoms with van der Waals surface area (Å²) < 4.78 is 19.6. The number of nitrogens with one attached hydrogen (secondary N) is 1. The second-order valence-corrected chi connectivity index (χ2v) is 5.41. The Balaban J connectivity index is 2.19. The quantitative estimate of drug-likeness (QED) is 0.756. The zero-order valence-corrected chi connectivity index (χ0v) is 13.7. The van der Waals surface area contributed by atoms with E-state index < -0.39 is 11.9 Å². The maximum Gasteiger partial charge on any atom is 0.412 e. The van der Waals surface area contributed by atoms with Crippen LogP contribution in [0.3, 0.4) is 0 Å². The zero-order chi connectivity index (χ0) is 17.4. The van der Waals surface area contributed by atoms with Crippen LogP contribution in [0.15, 0.2) is 42.5 Å². The molecule has 24 heavy (non-hydrogen) atoms. The van der Waals surface area contributed by atoms with E-state index in [2.05, 4.69) is 5.32 Å². The molecule has 0 bridgehead atoms. The molecule has 4 nitrogen and oxygen atoms in total. The van der Waals surface area contributed by atoms with Crippen LogP contribution in [0.25, 0.3) is 11.1 Å². The van der Waals surface area contributed by atoms with Crippen molar-refractivity contribution in [3.63, 3.8) is 0 Å². The molecule has 2 rings (SSSR count). The van der Waals surface area contributed by atoms with Gasteiger partial charge >= 0.3 is 6.09 Å². The van der Waals surface area contributed by atoms with E-state index in [1.807, 2.05) is 25.1 Å². The fourth-order valence-electron chi connectivity index (χ4n) is 2.38. The Bertz CT molecular complexity index is 688. The van der Waals surface area contributed by atoms with Crippen LogP contribution in [0.1, 0.15) is 25.3 Å². The van der Waals surface area contributed by atoms with E-state index in [9.17, 15) is 9.18 Å². The summed E-state index contributed by atoms with van der Waals surface area (Å²) in [4.78, 5) is 11.9. The lowest BCUT2D eigenvalue weighted by molar-refractivity contribution is 0.199. The smallest absolute Gasteiger partial charge is 0.410 e. The molecule has 128 valence electrons. The average molecular weight is 331 g/mol. The van der Waals surface area contributed by atoms with Crippen LogP contribution in [0.5, 0.6) is 5.75 Å². The Kier molecular flexibility index (Phi) is 6.75. The SMILES string of the molecule is CCc1cccc(-c2c(F)cccc2OC(=O)NCCCCO)c1. The summed E-state index contributed by atoms with van der Waals surface area (Å²) in [6.45, 7) is 2.51. The van der Waals surface area contributed by atoms with Crippen LogP contribution in [0, 0.1) is 5.82 Å². The number of aliphatic hydroxyl groups is 1. The third-order valence-electron chi connectivity index (χ3n) is 3.66. The minimum Gasteiger partial charge on any atom is -0.410 e. The number of hydrogen-bond acceptors (Lipinski definition) is 3. The number of halogens is 1. The molecule has 1 amide bonds. The Hall–Kier alpha value is -2.40. The molecule has 0 aliphatic heterocycles. The van der Waals surface area contributed by atoms with Crippen molar-refractivity contribution in [2.45, 2.75) is 26.2 Å². The monoisotopic (exact) mass is 331 g/mol. The van der Waals surface area contributed by atoms with Crippen LogP contribution in [0.4, 0.5) is 9.18 Å². The van der Waals surface area contributed by atoms with Crippen molar-refractivity contribution in [3.05, 3.63) is 53.8 Å². The number of hydrogen-bond donors (Lipinski definition) is 2. The van der Waals surface area contributed by atoms with Gasteiger partial charge in [-0.25, -0.2) is 9.18 Å². The van der Waals surface area contributed by atoms with Crippen LogP contribution >= 0.6 is 0 Å². The summed E-state index contributed by atoms with van der Waals surface area (Å²) >= 11 is 0. The summed E-state index contributed by atoms with van der Waals surface area (Å²) in [5, 5.41) is 11.3. The molecule has 2 aromatic rings. The van der Waals surface area contributed by atoms with Crippen molar-refractivity contribution >= 4 is 6.09 Å². The minimum atomic E-state index is -0.633. The predicted octanol–water partition coefficient (Wildman–Crippen LogP) is 3.92. The van der Waals surface area contributed by atoms with Gasteiger partial charge in [0.15, 0.2) is 0 Å². The molecule has 2 N–H and O–H groups in total. The minimum absolute atomic E-state index is 0.0819. The van der Waals surface area contributed by atoms with Gasteiger partial charge in [-0.2, -0.15) is 0 Å². The van der Waals surface area contributed by atoms with Gasteiger partial charge in [-0.15, -0.1) is 0 Å². The van der Waals surface area contributed by atoms with Crippen molar-refractivity contribution < 1.29 is 19.0 Å². The molecule has 0 heterocycles. The lowest BCUT2D eigenvalue weighted by atomic mass is 10.0. The number of amides is 1. The van der Waals surface area contributed by atoms with Gasteiger partial charge in [-0.1, -0.05) is 37.3 Å². The van der Waals surface area contributed by atoms with Gasteiger partial charge < -0.3 is 15.2 Å². The standard InChI is InChI=1S/C19H22FNO3/c1-2-14-7-5-8-15(13-14)18-16(20)9-6-10-17(18)24-19(23)21-11-3-4-12-22/h5-10,13,22H,2-4,11-12H2,1H3,(H,21,23). The number of carbonyl (C=O) groups is 1. The first-order valence-corrected chi connectivity index (χ1v) is 8.10. The van der Waals surface area contributed by atoms with Crippen molar-refractivity contribution in [1.82, 2.24) is 5.32 Å². The highest BCUT2D eigenvalue weighted by molar-refractivity contribution is 5.77. The van der Waals surface area contributed by atoms with E-state index in [-0.39, 0.29) is 17.9 Å². The molecular formula is C19H22FNO3. The first-order valence-electron chi connectivity index (χ1n) is 8.10. The molecular weight excluding hydrogens is 309 g/mol. The normalized spacial score (nSPS) is 10.5. The summed E-state index contributed by atoms with van der Waals surface area (Å²) in [6, 6.07) is 12.0. The topological polar surface area (TPSA) is 58.6 Å². The van der Waals surface area contributed by atoms with E-state index >= 15 is 0 Å². The van der Waals surface area contributed by atoms with Crippen LogP contribution in [-0.4, -0.2) is 24.4 Å². The second-order valence-electron chi connectivity index (χ2n) is 5.41. The average Bonchev–Trinajstić information content (AvgIpc) is 2.59. The number of ether oxygens (including phenoxy) is 1. The van der Waals surface area contributed by atoms with Crippen molar-refractivity contribution in [2.75, 3.05) is 13.2 Å². The summed E-state index contributed by atoms with van der Waals surface area (Å²) in [5.74, 6) is -0.253. The number of unbranched alkanes of at least 4 members (excludes halogenated alkanes) is 1. The molecule has 0 unspecified atom stereocenters. The van der Waals surface area contributed by atoms with Crippen LogP contribution < -0.4 is 10.1 Å². The fourth-order valence-corrected chi connectivity index (χ4v) is 2.38. The summed E-state index contributed by atoms with van der Waals surface area (Å²) in [5.41, 5.74) is 2.03. The first kappa shape index (κ1) is 17.9. The molecule has 0 radical (unpaired) electrons. The molecule has 0 aliphatic rings. The molecule has 0 atom stereocenters. The molecule has 2 aromatic carbocycles. The van der Waals surface area contributed by atoms with E-state index in [0.29, 0.717) is 24.9 Å². The predicted molar refractivity (Wildman–Crippen MR) is 91.6 cm³/mol. The number of benzene rings is 2. The van der Waals surface area contributed by atoms with Gasteiger partial charge in [0, 0.05) is 13.2 Å². The molecule has 0 fully saturated rings.